The number of rotatable bonds is 4. The maximum absolute atomic E-state index is 13.1. The summed E-state index contributed by atoms with van der Waals surface area (Å²) in [5.74, 6) is -2.45. The van der Waals surface area contributed by atoms with Crippen LogP contribution < -0.4 is 0 Å². The van der Waals surface area contributed by atoms with Crippen LogP contribution in [0.15, 0.2) is 22.7 Å². The van der Waals surface area contributed by atoms with Crippen LogP contribution in [0.2, 0.25) is 0 Å². The first kappa shape index (κ1) is 13.8. The van der Waals surface area contributed by atoms with Gasteiger partial charge in [-0.3, -0.25) is 9.59 Å². The van der Waals surface area contributed by atoms with Gasteiger partial charge < -0.3 is 4.74 Å². The van der Waals surface area contributed by atoms with Gasteiger partial charge in [-0.25, -0.2) is 4.39 Å². The van der Waals surface area contributed by atoms with Crippen LogP contribution in [0.3, 0.4) is 0 Å². The molecular formula is C12H12BrFO3. The highest BCUT2D eigenvalue weighted by Crippen LogP contribution is 2.23. The van der Waals surface area contributed by atoms with Crippen LogP contribution in [0.1, 0.15) is 23.7 Å². The normalized spacial score (nSPS) is 12.0. The minimum Gasteiger partial charge on any atom is -0.468 e. The van der Waals surface area contributed by atoms with Crippen molar-refractivity contribution in [1.29, 1.82) is 0 Å². The number of ketones is 1. The number of esters is 1. The predicted molar refractivity (Wildman–Crippen MR) is 64.2 cm³/mol. The summed E-state index contributed by atoms with van der Waals surface area (Å²) in [4.78, 5) is 23.5. The van der Waals surface area contributed by atoms with Crippen molar-refractivity contribution in [3.63, 3.8) is 0 Å². The van der Waals surface area contributed by atoms with Gasteiger partial charge in [-0.2, -0.15) is 0 Å². The van der Waals surface area contributed by atoms with Crippen LogP contribution in [-0.4, -0.2) is 18.9 Å². The summed E-state index contributed by atoms with van der Waals surface area (Å²) in [6, 6.07) is 3.78. The van der Waals surface area contributed by atoms with Gasteiger partial charge in [0.25, 0.3) is 0 Å². The lowest BCUT2D eigenvalue weighted by Gasteiger charge is -2.12. The number of benzene rings is 1. The summed E-state index contributed by atoms with van der Waals surface area (Å²) in [6.45, 7) is 1.70. The second-order valence-electron chi connectivity index (χ2n) is 3.47. The average Bonchev–Trinajstić information content (AvgIpc) is 2.32. The maximum Gasteiger partial charge on any atom is 0.316 e. The van der Waals surface area contributed by atoms with Crippen LogP contribution in [0, 0.1) is 11.7 Å². The van der Waals surface area contributed by atoms with Crippen molar-refractivity contribution in [2.24, 2.45) is 5.92 Å². The van der Waals surface area contributed by atoms with Gasteiger partial charge in [0.05, 0.1) is 7.11 Å². The molecule has 0 aliphatic rings. The van der Waals surface area contributed by atoms with Crippen LogP contribution in [0.25, 0.3) is 0 Å². The highest BCUT2D eigenvalue weighted by Gasteiger charge is 2.28. The fourth-order valence-electron chi connectivity index (χ4n) is 1.48. The zero-order chi connectivity index (χ0) is 13.0. The van der Waals surface area contributed by atoms with Gasteiger partial charge in [0.2, 0.25) is 0 Å². The number of carbonyl (C=O) groups excluding carboxylic acids is 2. The molecule has 5 heteroatoms. The molecule has 0 aliphatic carbocycles. The summed E-state index contributed by atoms with van der Waals surface area (Å²) in [7, 11) is 1.22. The molecule has 0 amide bonds. The quantitative estimate of drug-likeness (QED) is 0.488. The van der Waals surface area contributed by atoms with Gasteiger partial charge in [0, 0.05) is 10.0 Å². The van der Waals surface area contributed by atoms with Gasteiger partial charge >= 0.3 is 5.97 Å². The van der Waals surface area contributed by atoms with E-state index in [-0.39, 0.29) is 5.56 Å². The zero-order valence-electron chi connectivity index (χ0n) is 9.50. The van der Waals surface area contributed by atoms with Crippen molar-refractivity contribution >= 4 is 27.7 Å². The Labute approximate surface area is 107 Å². The predicted octanol–water partition coefficient (Wildman–Crippen LogP) is 2.97. The second-order valence-corrected chi connectivity index (χ2v) is 4.33. The lowest BCUT2D eigenvalue weighted by molar-refractivity contribution is -0.143. The lowest BCUT2D eigenvalue weighted by atomic mass is 9.95. The van der Waals surface area contributed by atoms with Crippen LogP contribution in [-0.2, 0) is 9.53 Å². The fourth-order valence-corrected chi connectivity index (χ4v) is 1.92. The molecule has 1 aromatic rings. The molecule has 0 aromatic heterocycles. The molecule has 1 atom stereocenters. The molecular weight excluding hydrogens is 291 g/mol. The van der Waals surface area contributed by atoms with E-state index >= 15 is 0 Å². The van der Waals surface area contributed by atoms with Gasteiger partial charge in [-0.05, 0) is 24.6 Å². The number of carbonyl (C=O) groups is 2. The number of hydrogen-bond acceptors (Lipinski definition) is 3. The maximum atomic E-state index is 13.1. The molecule has 0 heterocycles. The zero-order valence-corrected chi connectivity index (χ0v) is 11.1. The van der Waals surface area contributed by atoms with E-state index in [1.807, 2.05) is 0 Å². The van der Waals surface area contributed by atoms with Gasteiger partial charge in [-0.1, -0.05) is 22.9 Å². The first-order valence-electron chi connectivity index (χ1n) is 5.08. The molecule has 0 saturated heterocycles. The van der Waals surface area contributed by atoms with E-state index in [0.29, 0.717) is 10.9 Å². The smallest absolute Gasteiger partial charge is 0.316 e. The molecule has 92 valence electrons. The molecule has 0 fully saturated rings. The topological polar surface area (TPSA) is 43.4 Å². The van der Waals surface area contributed by atoms with Crippen molar-refractivity contribution in [2.75, 3.05) is 7.11 Å². The average molecular weight is 303 g/mol. The van der Waals surface area contributed by atoms with Crippen LogP contribution in [0.4, 0.5) is 4.39 Å². The molecule has 0 bridgehead atoms. The first-order chi connectivity index (χ1) is 8.01. The number of halogens is 2. The molecule has 1 unspecified atom stereocenters. The largest absolute Gasteiger partial charge is 0.468 e. The van der Waals surface area contributed by atoms with Crippen molar-refractivity contribution in [3.05, 3.63) is 34.1 Å². The highest BCUT2D eigenvalue weighted by atomic mass is 79.9. The van der Waals surface area contributed by atoms with E-state index in [9.17, 15) is 14.0 Å². The van der Waals surface area contributed by atoms with Gasteiger partial charge in [-0.15, -0.1) is 0 Å². The Morgan fingerprint density at radius 3 is 2.65 bits per heavy atom. The second kappa shape index (κ2) is 5.91. The number of ether oxygens (including phenoxy) is 1. The van der Waals surface area contributed by atoms with E-state index in [2.05, 4.69) is 20.7 Å². The number of Topliss-reactive ketones (excluding diaryl/α,β-unsaturated/α-hetero) is 1. The third kappa shape index (κ3) is 3.12. The minimum atomic E-state index is -0.891. The number of hydrogen-bond donors (Lipinski definition) is 0. The Morgan fingerprint density at radius 2 is 2.12 bits per heavy atom. The van der Waals surface area contributed by atoms with Crippen LogP contribution in [0.5, 0.6) is 0 Å². The number of methoxy groups -OCH3 is 1. The lowest BCUT2D eigenvalue weighted by Crippen LogP contribution is -2.25. The minimum absolute atomic E-state index is 0.155. The molecule has 3 nitrogen and oxygen atoms in total. The SMILES string of the molecule is CCC(C(=O)OC)C(=O)c1cc(F)ccc1Br. The van der Waals surface area contributed by atoms with E-state index in [0.717, 1.165) is 6.07 Å². The standard InChI is InChI=1S/C12H12BrFO3/c1-3-8(12(16)17-2)11(15)9-6-7(14)4-5-10(9)13/h4-6,8H,3H2,1-2H3. The third-order valence-corrected chi connectivity index (χ3v) is 3.10. The summed E-state index contributed by atoms with van der Waals surface area (Å²) in [5.41, 5.74) is 0.155. The molecule has 0 N–H and O–H groups in total. The summed E-state index contributed by atoms with van der Waals surface area (Å²) >= 11 is 3.16. The summed E-state index contributed by atoms with van der Waals surface area (Å²) in [6.07, 6.45) is 0.314. The van der Waals surface area contributed by atoms with Gasteiger partial charge in [0.15, 0.2) is 5.78 Å². The molecule has 1 rings (SSSR count). The van der Waals surface area contributed by atoms with E-state index in [4.69, 9.17) is 0 Å². The van der Waals surface area contributed by atoms with E-state index in [1.165, 1.54) is 19.2 Å². The van der Waals surface area contributed by atoms with Crippen LogP contribution >= 0.6 is 15.9 Å². The summed E-state index contributed by atoms with van der Waals surface area (Å²) in [5, 5.41) is 0. The van der Waals surface area contributed by atoms with Crippen molar-refractivity contribution in [2.45, 2.75) is 13.3 Å². The Balaban J connectivity index is 3.10. The monoisotopic (exact) mass is 302 g/mol. The molecule has 17 heavy (non-hydrogen) atoms. The molecule has 0 saturated carbocycles. The third-order valence-electron chi connectivity index (χ3n) is 2.40. The van der Waals surface area contributed by atoms with E-state index < -0.39 is 23.5 Å². The fraction of sp³-hybridized carbons (Fsp3) is 0.333. The Bertz CT molecular complexity index is 445. The molecule has 0 radical (unpaired) electrons. The first-order valence-corrected chi connectivity index (χ1v) is 5.87. The Kier molecular flexibility index (Phi) is 4.81. The highest BCUT2D eigenvalue weighted by molar-refractivity contribution is 9.10. The summed E-state index contributed by atoms with van der Waals surface area (Å²) < 4.78 is 18.1. The van der Waals surface area contributed by atoms with Crippen molar-refractivity contribution in [1.82, 2.24) is 0 Å². The van der Waals surface area contributed by atoms with Gasteiger partial charge in [0.1, 0.15) is 11.7 Å². The van der Waals surface area contributed by atoms with Crippen molar-refractivity contribution in [3.8, 4) is 0 Å². The Hall–Kier alpha value is -1.23. The molecule has 0 aliphatic heterocycles. The van der Waals surface area contributed by atoms with E-state index in [1.54, 1.807) is 6.92 Å². The Morgan fingerprint density at radius 1 is 1.47 bits per heavy atom. The molecule has 0 spiro atoms. The van der Waals surface area contributed by atoms with Crippen molar-refractivity contribution < 1.29 is 18.7 Å². The molecule has 1 aromatic carbocycles.